The summed E-state index contributed by atoms with van der Waals surface area (Å²) in [6, 6.07) is 12.7. The standard InChI is InChI=1S/C18H18N4/c1-2-15-10-14(3-4-18(15)21-5-1)16-11-17(13-20-12-16)22-8-6-19-7-9-22/h1-5,10-13,19H,6-9H2. The summed E-state index contributed by atoms with van der Waals surface area (Å²) in [5.41, 5.74) is 4.56. The molecule has 1 saturated heterocycles. The molecule has 0 spiro atoms. The van der Waals surface area contributed by atoms with Crippen LogP contribution in [0.1, 0.15) is 0 Å². The quantitative estimate of drug-likeness (QED) is 0.788. The fraction of sp³-hybridized carbons (Fsp3) is 0.222. The summed E-state index contributed by atoms with van der Waals surface area (Å²) in [7, 11) is 0. The number of hydrogen-bond donors (Lipinski definition) is 1. The predicted molar refractivity (Wildman–Crippen MR) is 90.1 cm³/mol. The third kappa shape index (κ3) is 2.53. The van der Waals surface area contributed by atoms with Crippen LogP contribution in [0.3, 0.4) is 0 Å². The van der Waals surface area contributed by atoms with Crippen LogP contribution in [-0.2, 0) is 0 Å². The topological polar surface area (TPSA) is 41.1 Å². The number of anilines is 1. The summed E-state index contributed by atoms with van der Waals surface area (Å²) in [6.07, 6.45) is 5.72. The lowest BCUT2D eigenvalue weighted by Gasteiger charge is -2.29. The smallest absolute Gasteiger partial charge is 0.0702 e. The van der Waals surface area contributed by atoms with Crippen molar-refractivity contribution in [1.29, 1.82) is 0 Å². The molecule has 0 atom stereocenters. The first-order valence-corrected chi connectivity index (χ1v) is 7.66. The van der Waals surface area contributed by atoms with E-state index in [4.69, 9.17) is 0 Å². The van der Waals surface area contributed by atoms with Crippen LogP contribution in [0, 0.1) is 0 Å². The van der Waals surface area contributed by atoms with Gasteiger partial charge in [-0.05, 0) is 29.8 Å². The van der Waals surface area contributed by atoms with Crippen LogP contribution in [0.4, 0.5) is 5.69 Å². The zero-order valence-electron chi connectivity index (χ0n) is 12.4. The zero-order chi connectivity index (χ0) is 14.8. The van der Waals surface area contributed by atoms with Crippen molar-refractivity contribution in [3.63, 3.8) is 0 Å². The van der Waals surface area contributed by atoms with Gasteiger partial charge >= 0.3 is 0 Å². The average molecular weight is 290 g/mol. The lowest BCUT2D eigenvalue weighted by Crippen LogP contribution is -2.43. The van der Waals surface area contributed by atoms with Crippen LogP contribution >= 0.6 is 0 Å². The Hall–Kier alpha value is -2.46. The van der Waals surface area contributed by atoms with Crippen molar-refractivity contribution in [3.8, 4) is 11.1 Å². The Kier molecular flexibility index (Phi) is 3.45. The summed E-state index contributed by atoms with van der Waals surface area (Å²) in [5.74, 6) is 0. The predicted octanol–water partition coefficient (Wildman–Crippen LogP) is 2.71. The van der Waals surface area contributed by atoms with Gasteiger partial charge in [0.05, 0.1) is 17.4 Å². The van der Waals surface area contributed by atoms with Gasteiger partial charge in [0.15, 0.2) is 0 Å². The second-order valence-corrected chi connectivity index (χ2v) is 5.58. The van der Waals surface area contributed by atoms with Crippen LogP contribution < -0.4 is 10.2 Å². The first kappa shape index (κ1) is 13.2. The number of benzene rings is 1. The van der Waals surface area contributed by atoms with Crippen molar-refractivity contribution in [3.05, 3.63) is 55.0 Å². The van der Waals surface area contributed by atoms with E-state index < -0.39 is 0 Å². The van der Waals surface area contributed by atoms with E-state index in [1.165, 1.54) is 11.3 Å². The van der Waals surface area contributed by atoms with Crippen LogP contribution in [0.5, 0.6) is 0 Å². The van der Waals surface area contributed by atoms with E-state index in [0.29, 0.717) is 0 Å². The molecular weight excluding hydrogens is 272 g/mol. The molecular formula is C18H18N4. The van der Waals surface area contributed by atoms with E-state index >= 15 is 0 Å². The molecule has 0 saturated carbocycles. The molecule has 22 heavy (non-hydrogen) atoms. The Morgan fingerprint density at radius 3 is 2.77 bits per heavy atom. The minimum atomic E-state index is 1.03. The van der Waals surface area contributed by atoms with E-state index in [2.05, 4.69) is 50.5 Å². The van der Waals surface area contributed by atoms with Gasteiger partial charge in [0.2, 0.25) is 0 Å². The molecule has 3 aromatic rings. The van der Waals surface area contributed by atoms with Crippen molar-refractivity contribution in [2.45, 2.75) is 0 Å². The molecule has 0 aliphatic carbocycles. The van der Waals surface area contributed by atoms with Gasteiger partial charge < -0.3 is 10.2 Å². The van der Waals surface area contributed by atoms with Crippen LogP contribution in [0.2, 0.25) is 0 Å². The number of aromatic nitrogens is 2. The van der Waals surface area contributed by atoms with Crippen molar-refractivity contribution in [2.75, 3.05) is 31.1 Å². The van der Waals surface area contributed by atoms with E-state index in [1.807, 2.05) is 24.7 Å². The monoisotopic (exact) mass is 290 g/mol. The molecule has 1 aliphatic heterocycles. The summed E-state index contributed by atoms with van der Waals surface area (Å²) in [5, 5.41) is 4.54. The van der Waals surface area contributed by atoms with Gasteiger partial charge in [-0.1, -0.05) is 12.1 Å². The minimum Gasteiger partial charge on any atom is -0.368 e. The molecule has 1 aromatic carbocycles. The van der Waals surface area contributed by atoms with Gasteiger partial charge in [0.25, 0.3) is 0 Å². The molecule has 2 aromatic heterocycles. The Bertz CT molecular complexity index is 794. The van der Waals surface area contributed by atoms with Gasteiger partial charge in [-0.3, -0.25) is 9.97 Å². The Labute approximate surface area is 129 Å². The lowest BCUT2D eigenvalue weighted by atomic mass is 10.0. The van der Waals surface area contributed by atoms with Gasteiger partial charge in [0.1, 0.15) is 0 Å². The normalized spacial score (nSPS) is 15.2. The minimum absolute atomic E-state index is 1.03. The number of piperazine rings is 1. The number of fused-ring (bicyclic) bond motifs is 1. The first-order chi connectivity index (χ1) is 10.9. The van der Waals surface area contributed by atoms with Gasteiger partial charge in [-0.2, -0.15) is 0 Å². The highest BCUT2D eigenvalue weighted by atomic mass is 15.2. The highest BCUT2D eigenvalue weighted by Crippen LogP contribution is 2.26. The molecule has 4 heteroatoms. The Morgan fingerprint density at radius 2 is 1.86 bits per heavy atom. The summed E-state index contributed by atoms with van der Waals surface area (Å²) < 4.78 is 0. The molecule has 0 radical (unpaired) electrons. The highest BCUT2D eigenvalue weighted by molar-refractivity contribution is 5.84. The maximum Gasteiger partial charge on any atom is 0.0702 e. The molecule has 3 heterocycles. The second-order valence-electron chi connectivity index (χ2n) is 5.58. The number of hydrogen-bond acceptors (Lipinski definition) is 4. The summed E-state index contributed by atoms with van der Waals surface area (Å²) in [6.45, 7) is 4.14. The van der Waals surface area contributed by atoms with Crippen LogP contribution in [-0.4, -0.2) is 36.1 Å². The SMILES string of the molecule is c1cnc2ccc(-c3cncc(N4CCNCC4)c3)cc2c1. The summed E-state index contributed by atoms with van der Waals surface area (Å²) >= 11 is 0. The summed E-state index contributed by atoms with van der Waals surface area (Å²) in [4.78, 5) is 11.2. The largest absolute Gasteiger partial charge is 0.368 e. The third-order valence-corrected chi connectivity index (χ3v) is 4.14. The van der Waals surface area contributed by atoms with Crippen molar-refractivity contribution in [2.24, 2.45) is 0 Å². The number of pyridine rings is 2. The number of rotatable bonds is 2. The molecule has 4 rings (SSSR count). The fourth-order valence-electron chi connectivity index (χ4n) is 2.94. The number of nitrogens with one attached hydrogen (secondary N) is 1. The molecule has 0 amide bonds. The molecule has 0 bridgehead atoms. The second kappa shape index (κ2) is 5.73. The molecule has 1 fully saturated rings. The van der Waals surface area contributed by atoms with Crippen molar-refractivity contribution < 1.29 is 0 Å². The van der Waals surface area contributed by atoms with E-state index in [1.54, 1.807) is 0 Å². The Balaban J connectivity index is 1.71. The van der Waals surface area contributed by atoms with Gasteiger partial charge in [-0.25, -0.2) is 0 Å². The van der Waals surface area contributed by atoms with E-state index in [0.717, 1.165) is 42.6 Å². The third-order valence-electron chi connectivity index (χ3n) is 4.14. The van der Waals surface area contributed by atoms with Gasteiger partial charge in [0, 0.05) is 49.5 Å². The zero-order valence-corrected chi connectivity index (χ0v) is 12.4. The Morgan fingerprint density at radius 1 is 0.955 bits per heavy atom. The molecule has 0 unspecified atom stereocenters. The maximum absolute atomic E-state index is 4.44. The maximum atomic E-state index is 4.44. The van der Waals surface area contributed by atoms with Crippen molar-refractivity contribution in [1.82, 2.24) is 15.3 Å². The van der Waals surface area contributed by atoms with E-state index in [9.17, 15) is 0 Å². The number of nitrogens with zero attached hydrogens (tertiary/aromatic N) is 3. The first-order valence-electron chi connectivity index (χ1n) is 7.66. The fourth-order valence-corrected chi connectivity index (χ4v) is 2.94. The molecule has 1 aliphatic rings. The van der Waals surface area contributed by atoms with Crippen LogP contribution in [0.25, 0.3) is 22.0 Å². The van der Waals surface area contributed by atoms with Crippen molar-refractivity contribution >= 4 is 16.6 Å². The molecule has 4 nitrogen and oxygen atoms in total. The molecule has 1 N–H and O–H groups in total. The molecule has 110 valence electrons. The van der Waals surface area contributed by atoms with E-state index in [-0.39, 0.29) is 0 Å². The van der Waals surface area contributed by atoms with Gasteiger partial charge in [-0.15, -0.1) is 0 Å². The van der Waals surface area contributed by atoms with Crippen LogP contribution in [0.15, 0.2) is 55.0 Å². The lowest BCUT2D eigenvalue weighted by molar-refractivity contribution is 0.589. The highest BCUT2D eigenvalue weighted by Gasteiger charge is 2.11. The average Bonchev–Trinajstić information content (AvgIpc) is 2.62.